The van der Waals surface area contributed by atoms with E-state index in [1.165, 1.54) is 4.68 Å². The van der Waals surface area contributed by atoms with E-state index in [1.807, 2.05) is 0 Å². The number of amides is 2. The highest BCUT2D eigenvalue weighted by molar-refractivity contribution is 6.20. The number of hydrogen-bond acceptors (Lipinski definition) is 6. The zero-order chi connectivity index (χ0) is 14.1. The predicted molar refractivity (Wildman–Crippen MR) is 65.4 cm³/mol. The van der Waals surface area contributed by atoms with Crippen LogP contribution in [0.1, 0.15) is 26.5 Å². The number of fused-ring (bicyclic) bond motifs is 1. The Morgan fingerprint density at radius 1 is 1.15 bits per heavy atom. The second-order valence-corrected chi connectivity index (χ2v) is 4.23. The molecule has 1 aromatic carbocycles. The number of rotatable bonds is 4. The molecule has 20 heavy (non-hydrogen) atoms. The van der Waals surface area contributed by atoms with Crippen LogP contribution in [0, 0.1) is 6.92 Å². The van der Waals surface area contributed by atoms with E-state index >= 15 is 0 Å². The fraction of sp³-hybridized carbons (Fsp3) is 0.250. The standard InChI is InChI=1S/C12H11N5O3/c1-8-13-14-15-16(8)6-7-20-17-11(18)9-4-2-3-5-10(9)12(17)19/h2-5H,6-7H2,1H3. The quantitative estimate of drug-likeness (QED) is 0.740. The van der Waals surface area contributed by atoms with Gasteiger partial charge < -0.3 is 0 Å². The smallest absolute Gasteiger partial charge is 0.266 e. The lowest BCUT2D eigenvalue weighted by Gasteiger charge is -2.13. The van der Waals surface area contributed by atoms with Crippen molar-refractivity contribution >= 4 is 11.8 Å². The summed E-state index contributed by atoms with van der Waals surface area (Å²) in [5.74, 6) is -0.256. The van der Waals surface area contributed by atoms with Crippen LogP contribution in [0.25, 0.3) is 0 Å². The Hall–Kier alpha value is -2.61. The number of nitrogens with zero attached hydrogens (tertiary/aromatic N) is 5. The number of carbonyl (C=O) groups excluding carboxylic acids is 2. The van der Waals surface area contributed by atoms with Crippen molar-refractivity contribution in [2.45, 2.75) is 13.5 Å². The molecule has 2 aromatic rings. The van der Waals surface area contributed by atoms with Crippen LogP contribution in [0.2, 0.25) is 0 Å². The lowest BCUT2D eigenvalue weighted by molar-refractivity contribution is -0.0942. The average Bonchev–Trinajstić information content (AvgIpc) is 2.97. The summed E-state index contributed by atoms with van der Waals surface area (Å²) < 4.78 is 1.53. The van der Waals surface area contributed by atoms with E-state index < -0.39 is 11.8 Å². The molecule has 102 valence electrons. The van der Waals surface area contributed by atoms with E-state index in [1.54, 1.807) is 31.2 Å². The van der Waals surface area contributed by atoms with Crippen molar-refractivity contribution in [3.05, 3.63) is 41.2 Å². The first-order valence-corrected chi connectivity index (χ1v) is 6.02. The molecule has 1 aliphatic rings. The molecule has 0 spiro atoms. The van der Waals surface area contributed by atoms with Crippen molar-refractivity contribution < 1.29 is 14.4 Å². The molecule has 8 nitrogen and oxygen atoms in total. The molecule has 1 aromatic heterocycles. The number of tetrazole rings is 1. The van der Waals surface area contributed by atoms with E-state index in [2.05, 4.69) is 15.5 Å². The Labute approximate surface area is 113 Å². The van der Waals surface area contributed by atoms with Crippen LogP contribution in [-0.2, 0) is 11.4 Å². The van der Waals surface area contributed by atoms with Crippen LogP contribution in [0.3, 0.4) is 0 Å². The fourth-order valence-corrected chi connectivity index (χ4v) is 1.96. The molecule has 0 aliphatic carbocycles. The molecule has 0 fully saturated rings. The number of benzene rings is 1. The minimum Gasteiger partial charge on any atom is -0.266 e. The van der Waals surface area contributed by atoms with Crippen LogP contribution in [0.5, 0.6) is 0 Å². The van der Waals surface area contributed by atoms with Crippen LogP contribution < -0.4 is 0 Å². The lowest BCUT2D eigenvalue weighted by atomic mass is 10.1. The molecule has 1 aliphatic heterocycles. The lowest BCUT2D eigenvalue weighted by Crippen LogP contribution is -2.31. The number of carbonyl (C=O) groups is 2. The summed E-state index contributed by atoms with van der Waals surface area (Å²) in [6, 6.07) is 6.62. The molecule has 0 atom stereocenters. The third-order valence-corrected chi connectivity index (χ3v) is 2.99. The summed E-state index contributed by atoms with van der Waals surface area (Å²) in [6.07, 6.45) is 0. The van der Waals surface area contributed by atoms with Gasteiger partial charge in [-0.15, -0.1) is 10.2 Å². The van der Waals surface area contributed by atoms with Gasteiger partial charge in [0.25, 0.3) is 11.8 Å². The zero-order valence-electron chi connectivity index (χ0n) is 10.7. The summed E-state index contributed by atoms with van der Waals surface area (Å²) in [4.78, 5) is 29.3. The second kappa shape index (κ2) is 4.82. The van der Waals surface area contributed by atoms with Gasteiger partial charge in [0.2, 0.25) is 0 Å². The molecule has 0 radical (unpaired) electrons. The molecule has 0 saturated carbocycles. The maximum absolute atomic E-state index is 12.0. The summed E-state index contributed by atoms with van der Waals surface area (Å²) in [5, 5.41) is 11.7. The SMILES string of the molecule is Cc1nnnn1CCON1C(=O)c2ccccc2C1=O. The molecule has 2 heterocycles. The van der Waals surface area contributed by atoms with E-state index in [-0.39, 0.29) is 6.61 Å². The van der Waals surface area contributed by atoms with Crippen LogP contribution in [0.4, 0.5) is 0 Å². The molecule has 0 saturated heterocycles. The third kappa shape index (κ3) is 1.95. The Balaban J connectivity index is 1.67. The second-order valence-electron chi connectivity index (χ2n) is 4.23. The van der Waals surface area contributed by atoms with E-state index in [0.717, 1.165) is 5.06 Å². The van der Waals surface area contributed by atoms with Crippen molar-refractivity contribution in [2.24, 2.45) is 0 Å². The Kier molecular flexibility index (Phi) is 2.99. The number of aryl methyl sites for hydroxylation is 1. The zero-order valence-corrected chi connectivity index (χ0v) is 10.7. The number of aromatic nitrogens is 4. The van der Waals surface area contributed by atoms with Crippen LogP contribution >= 0.6 is 0 Å². The van der Waals surface area contributed by atoms with Crippen LogP contribution in [-0.4, -0.2) is 43.7 Å². The van der Waals surface area contributed by atoms with Crippen LogP contribution in [0.15, 0.2) is 24.3 Å². The fourth-order valence-electron chi connectivity index (χ4n) is 1.96. The van der Waals surface area contributed by atoms with Gasteiger partial charge in [0, 0.05) is 0 Å². The van der Waals surface area contributed by atoms with Gasteiger partial charge in [-0.05, 0) is 29.5 Å². The molecule has 0 unspecified atom stereocenters. The van der Waals surface area contributed by atoms with Gasteiger partial charge in [-0.2, -0.15) is 0 Å². The topological polar surface area (TPSA) is 90.2 Å². The molecule has 8 heteroatoms. The molecule has 0 N–H and O–H groups in total. The molecular formula is C12H11N5O3. The Morgan fingerprint density at radius 3 is 2.35 bits per heavy atom. The minimum atomic E-state index is -0.445. The van der Waals surface area contributed by atoms with Gasteiger partial charge in [0.15, 0.2) is 0 Å². The first kappa shape index (κ1) is 12.4. The first-order valence-electron chi connectivity index (χ1n) is 6.02. The average molecular weight is 273 g/mol. The van der Waals surface area contributed by atoms with Crippen molar-refractivity contribution in [2.75, 3.05) is 6.61 Å². The highest BCUT2D eigenvalue weighted by Crippen LogP contribution is 2.22. The number of imide groups is 1. The van der Waals surface area contributed by atoms with Gasteiger partial charge in [-0.1, -0.05) is 12.1 Å². The maximum atomic E-state index is 12.0. The molecule has 2 amide bonds. The van der Waals surface area contributed by atoms with Crippen molar-refractivity contribution in [3.63, 3.8) is 0 Å². The number of hydrogen-bond donors (Lipinski definition) is 0. The van der Waals surface area contributed by atoms with Crippen molar-refractivity contribution in [3.8, 4) is 0 Å². The van der Waals surface area contributed by atoms with Gasteiger partial charge in [0.05, 0.1) is 24.3 Å². The van der Waals surface area contributed by atoms with Gasteiger partial charge >= 0.3 is 0 Å². The third-order valence-electron chi connectivity index (χ3n) is 2.99. The Morgan fingerprint density at radius 2 is 1.80 bits per heavy atom. The summed E-state index contributed by atoms with van der Waals surface area (Å²) in [5.41, 5.74) is 0.715. The van der Waals surface area contributed by atoms with Gasteiger partial charge in [-0.3, -0.25) is 14.4 Å². The summed E-state index contributed by atoms with van der Waals surface area (Å²) in [7, 11) is 0. The molecule has 0 bridgehead atoms. The normalized spacial score (nSPS) is 13.9. The summed E-state index contributed by atoms with van der Waals surface area (Å²) >= 11 is 0. The number of hydroxylamine groups is 2. The van der Waals surface area contributed by atoms with Gasteiger partial charge in [-0.25, -0.2) is 4.68 Å². The van der Waals surface area contributed by atoms with Crippen molar-refractivity contribution in [1.82, 2.24) is 25.3 Å². The van der Waals surface area contributed by atoms with E-state index in [0.29, 0.717) is 23.5 Å². The summed E-state index contributed by atoms with van der Waals surface area (Å²) in [6.45, 7) is 2.23. The monoisotopic (exact) mass is 273 g/mol. The highest BCUT2D eigenvalue weighted by Gasteiger charge is 2.36. The van der Waals surface area contributed by atoms with Crippen molar-refractivity contribution in [1.29, 1.82) is 0 Å². The Bertz CT molecular complexity index is 646. The predicted octanol–water partition coefficient (Wildman–Crippen LogP) is 0.209. The minimum absolute atomic E-state index is 0.122. The largest absolute Gasteiger partial charge is 0.285 e. The molecule has 3 rings (SSSR count). The van der Waals surface area contributed by atoms with Gasteiger partial charge in [0.1, 0.15) is 5.82 Å². The van der Waals surface area contributed by atoms with E-state index in [4.69, 9.17) is 4.84 Å². The molecular weight excluding hydrogens is 262 g/mol. The first-order chi connectivity index (χ1) is 9.68. The highest BCUT2D eigenvalue weighted by atomic mass is 16.7. The van der Waals surface area contributed by atoms with E-state index in [9.17, 15) is 9.59 Å². The maximum Gasteiger partial charge on any atom is 0.285 e.